The van der Waals surface area contributed by atoms with Crippen LogP contribution in [0.4, 0.5) is 0 Å². The van der Waals surface area contributed by atoms with Gasteiger partial charge in [-0.1, -0.05) is 48.5 Å². The van der Waals surface area contributed by atoms with Crippen LogP contribution in [0, 0.1) is 0 Å². The summed E-state index contributed by atoms with van der Waals surface area (Å²) in [7, 11) is 0. The zero-order valence-electron chi connectivity index (χ0n) is 11.8. The van der Waals surface area contributed by atoms with Gasteiger partial charge >= 0.3 is 0 Å². The van der Waals surface area contributed by atoms with Crippen molar-refractivity contribution < 1.29 is 0 Å². The lowest BCUT2D eigenvalue weighted by atomic mass is 10.1. The Labute approximate surface area is 126 Å². The Kier molecular flexibility index (Phi) is 2.22. The molecule has 0 bridgehead atoms. The maximum atomic E-state index is 4.75. The second-order valence-corrected chi connectivity index (χ2v) is 5.52. The molecule has 2 aromatic carbocycles. The summed E-state index contributed by atoms with van der Waals surface area (Å²) in [6.45, 7) is 0. The summed E-state index contributed by atoms with van der Waals surface area (Å²) >= 11 is 0. The Morgan fingerprint density at radius 2 is 1.55 bits per heavy atom. The highest BCUT2D eigenvalue weighted by Crippen LogP contribution is 2.32. The molecule has 5 aromatic rings. The van der Waals surface area contributed by atoms with Gasteiger partial charge in [-0.15, -0.1) is 0 Å². The van der Waals surface area contributed by atoms with E-state index in [0.29, 0.717) is 0 Å². The van der Waals surface area contributed by atoms with Gasteiger partial charge in [-0.2, -0.15) is 0 Å². The summed E-state index contributed by atoms with van der Waals surface area (Å²) in [5.74, 6) is 0. The molecule has 3 heteroatoms. The van der Waals surface area contributed by atoms with E-state index in [9.17, 15) is 0 Å². The summed E-state index contributed by atoms with van der Waals surface area (Å²) in [4.78, 5) is 11.4. The number of nitrogens with one attached hydrogen (secondary N) is 2. The average Bonchev–Trinajstić information content (AvgIpc) is 3.14. The highest BCUT2D eigenvalue weighted by molar-refractivity contribution is 6.11. The molecular weight excluding hydrogens is 270 g/mol. The fourth-order valence-corrected chi connectivity index (χ4v) is 3.16. The van der Waals surface area contributed by atoms with Gasteiger partial charge in [0, 0.05) is 33.4 Å². The van der Waals surface area contributed by atoms with Crippen LogP contribution in [0.3, 0.4) is 0 Å². The molecule has 104 valence electrons. The van der Waals surface area contributed by atoms with Crippen LogP contribution in [0.25, 0.3) is 44.1 Å². The van der Waals surface area contributed by atoms with Gasteiger partial charge in [-0.25, -0.2) is 4.98 Å². The number of benzene rings is 2. The summed E-state index contributed by atoms with van der Waals surface area (Å²) in [5.41, 5.74) is 5.36. The highest BCUT2D eigenvalue weighted by Gasteiger charge is 2.11. The molecule has 5 rings (SSSR count). The van der Waals surface area contributed by atoms with Crippen molar-refractivity contribution >= 4 is 33.0 Å². The van der Waals surface area contributed by atoms with Crippen LogP contribution in [-0.4, -0.2) is 15.0 Å². The van der Waals surface area contributed by atoms with E-state index >= 15 is 0 Å². The molecule has 3 heterocycles. The van der Waals surface area contributed by atoms with Gasteiger partial charge in [-0.3, -0.25) is 0 Å². The Bertz CT molecular complexity index is 1120. The topological polar surface area (TPSA) is 44.5 Å². The third-order valence-corrected chi connectivity index (χ3v) is 4.22. The first-order valence-corrected chi connectivity index (χ1v) is 7.34. The van der Waals surface area contributed by atoms with Crippen molar-refractivity contribution in [1.82, 2.24) is 15.0 Å². The van der Waals surface area contributed by atoms with Gasteiger partial charge in [0.05, 0.1) is 0 Å². The van der Waals surface area contributed by atoms with E-state index < -0.39 is 0 Å². The minimum Gasteiger partial charge on any atom is -0.345 e. The van der Waals surface area contributed by atoms with Crippen LogP contribution in [0.5, 0.6) is 0 Å². The molecule has 22 heavy (non-hydrogen) atoms. The third kappa shape index (κ3) is 1.53. The summed E-state index contributed by atoms with van der Waals surface area (Å²) in [6, 6.07) is 21.0. The maximum Gasteiger partial charge on any atom is 0.140 e. The number of rotatable bonds is 1. The molecule has 0 atom stereocenters. The first-order valence-electron chi connectivity index (χ1n) is 7.34. The molecule has 3 aromatic heterocycles. The highest BCUT2D eigenvalue weighted by atomic mass is 14.9. The first kappa shape index (κ1) is 11.6. The number of aromatic nitrogens is 3. The third-order valence-electron chi connectivity index (χ3n) is 4.22. The van der Waals surface area contributed by atoms with Gasteiger partial charge in [0.2, 0.25) is 0 Å². The lowest BCUT2D eigenvalue weighted by Gasteiger charge is -1.99. The lowest BCUT2D eigenvalue weighted by Crippen LogP contribution is -1.79. The molecular formula is C19H13N3. The molecule has 3 nitrogen and oxygen atoms in total. The van der Waals surface area contributed by atoms with Gasteiger partial charge in [0.15, 0.2) is 0 Å². The zero-order chi connectivity index (χ0) is 14.5. The second kappa shape index (κ2) is 4.21. The molecule has 0 saturated carbocycles. The van der Waals surface area contributed by atoms with Gasteiger partial charge in [-0.05, 0) is 17.7 Å². The van der Waals surface area contributed by atoms with E-state index in [1.165, 1.54) is 21.9 Å². The largest absolute Gasteiger partial charge is 0.345 e. The van der Waals surface area contributed by atoms with E-state index in [0.717, 1.165) is 22.2 Å². The molecule has 0 aliphatic heterocycles. The van der Waals surface area contributed by atoms with Crippen LogP contribution in [0.15, 0.2) is 66.9 Å². The van der Waals surface area contributed by atoms with E-state index in [2.05, 4.69) is 58.5 Å². The number of H-pyrrole nitrogens is 2. The normalized spacial score (nSPS) is 11.6. The molecule has 0 spiro atoms. The predicted molar refractivity (Wildman–Crippen MR) is 90.9 cm³/mol. The fraction of sp³-hybridized carbons (Fsp3) is 0. The van der Waals surface area contributed by atoms with Crippen LogP contribution in [-0.2, 0) is 0 Å². The van der Waals surface area contributed by atoms with Crippen molar-refractivity contribution in [2.45, 2.75) is 0 Å². The molecule has 0 aliphatic carbocycles. The Morgan fingerprint density at radius 3 is 2.45 bits per heavy atom. The van der Waals surface area contributed by atoms with Crippen LogP contribution in [0.1, 0.15) is 0 Å². The quantitative estimate of drug-likeness (QED) is 0.453. The van der Waals surface area contributed by atoms with E-state index in [4.69, 9.17) is 4.98 Å². The molecule has 0 saturated heterocycles. The second-order valence-electron chi connectivity index (χ2n) is 5.52. The van der Waals surface area contributed by atoms with Crippen molar-refractivity contribution in [3.05, 3.63) is 66.9 Å². The number of fused-ring (bicyclic) bond motifs is 4. The van der Waals surface area contributed by atoms with Crippen molar-refractivity contribution in [1.29, 1.82) is 0 Å². The van der Waals surface area contributed by atoms with Crippen molar-refractivity contribution in [3.8, 4) is 11.1 Å². The van der Waals surface area contributed by atoms with Crippen LogP contribution in [0.2, 0.25) is 0 Å². The van der Waals surface area contributed by atoms with Crippen molar-refractivity contribution in [2.24, 2.45) is 0 Å². The average molecular weight is 283 g/mol. The number of aromatic amines is 2. The van der Waals surface area contributed by atoms with E-state index in [-0.39, 0.29) is 0 Å². The molecule has 0 radical (unpaired) electrons. The van der Waals surface area contributed by atoms with Gasteiger partial charge < -0.3 is 9.97 Å². The summed E-state index contributed by atoms with van der Waals surface area (Å²) in [6.07, 6.45) is 2.04. The minimum absolute atomic E-state index is 0.915. The monoisotopic (exact) mass is 283 g/mol. The molecule has 0 aliphatic rings. The fourth-order valence-electron chi connectivity index (χ4n) is 3.16. The first-order chi connectivity index (χ1) is 10.9. The lowest BCUT2D eigenvalue weighted by molar-refractivity contribution is 1.33. The van der Waals surface area contributed by atoms with E-state index in [1.54, 1.807) is 0 Å². The molecule has 0 unspecified atom stereocenters. The Morgan fingerprint density at radius 1 is 0.727 bits per heavy atom. The van der Waals surface area contributed by atoms with Gasteiger partial charge in [0.1, 0.15) is 11.3 Å². The SMILES string of the molecule is c1ccc(-c2c[nH]c3nc4[nH]c5ccccc5c4cc23)cc1. The van der Waals surface area contributed by atoms with Crippen molar-refractivity contribution in [3.63, 3.8) is 0 Å². The number of para-hydroxylation sites is 1. The predicted octanol–water partition coefficient (Wildman–Crippen LogP) is 4.86. The summed E-state index contributed by atoms with van der Waals surface area (Å²) in [5, 5.41) is 3.54. The smallest absolute Gasteiger partial charge is 0.140 e. The molecule has 0 fully saturated rings. The Balaban J connectivity index is 1.89. The number of nitrogens with zero attached hydrogens (tertiary/aromatic N) is 1. The number of hydrogen-bond donors (Lipinski definition) is 2. The summed E-state index contributed by atoms with van der Waals surface area (Å²) < 4.78 is 0. The van der Waals surface area contributed by atoms with Gasteiger partial charge in [0.25, 0.3) is 0 Å². The standard InChI is InChI=1S/C19H13N3/c1-2-6-12(7-3-1)16-11-20-18-15(16)10-14-13-8-4-5-9-17(13)21-19(14)22-18/h1-11H,(H2,20,21,22). The Hall–Kier alpha value is -3.07. The van der Waals surface area contributed by atoms with Crippen molar-refractivity contribution in [2.75, 3.05) is 0 Å². The van der Waals surface area contributed by atoms with Crippen LogP contribution < -0.4 is 0 Å². The minimum atomic E-state index is 0.915. The molecule has 0 amide bonds. The van der Waals surface area contributed by atoms with E-state index in [1.807, 2.05) is 18.3 Å². The van der Waals surface area contributed by atoms with Crippen LogP contribution >= 0.6 is 0 Å². The number of pyridine rings is 1. The number of hydrogen-bond acceptors (Lipinski definition) is 1. The zero-order valence-corrected chi connectivity index (χ0v) is 11.8. The maximum absolute atomic E-state index is 4.75. The molecule has 2 N–H and O–H groups in total.